The summed E-state index contributed by atoms with van der Waals surface area (Å²) in [5.74, 6) is -0.659. The molecule has 4 rings (SSSR count). The van der Waals surface area contributed by atoms with E-state index in [0.29, 0.717) is 0 Å². The van der Waals surface area contributed by atoms with E-state index in [1.807, 2.05) is 17.8 Å². The molecule has 2 aromatic rings. The lowest BCUT2D eigenvalue weighted by Gasteiger charge is -2.37. The summed E-state index contributed by atoms with van der Waals surface area (Å²) >= 11 is 8.16. The lowest BCUT2D eigenvalue weighted by molar-refractivity contribution is -0.144. The summed E-state index contributed by atoms with van der Waals surface area (Å²) in [4.78, 5) is 19.1. The van der Waals surface area contributed by atoms with Gasteiger partial charge in [0.25, 0.3) is 0 Å². The predicted molar refractivity (Wildman–Crippen MR) is 151 cm³/mol. The molecule has 6 heteroatoms. The van der Waals surface area contributed by atoms with Gasteiger partial charge in [0, 0.05) is 47.5 Å². The van der Waals surface area contributed by atoms with Gasteiger partial charge >= 0.3 is 5.97 Å². The first-order chi connectivity index (χ1) is 17.6. The smallest absolute Gasteiger partial charge is 0.320 e. The Bertz CT molecular complexity index is 1050. The third-order valence-electron chi connectivity index (χ3n) is 7.39. The fourth-order valence-corrected chi connectivity index (χ4v) is 6.59. The molecule has 36 heavy (non-hydrogen) atoms. The van der Waals surface area contributed by atoms with E-state index < -0.39 is 5.97 Å². The molecule has 0 aromatic heterocycles. The Kier molecular flexibility index (Phi) is 10.3. The van der Waals surface area contributed by atoms with Gasteiger partial charge in [-0.05, 0) is 53.8 Å². The summed E-state index contributed by atoms with van der Waals surface area (Å²) < 4.78 is 0. The molecule has 1 atom stereocenters. The molecular formula is C30H39ClN2O2S. The molecule has 1 fully saturated rings. The highest BCUT2D eigenvalue weighted by Gasteiger charge is 2.28. The Morgan fingerprint density at radius 1 is 1.00 bits per heavy atom. The molecule has 4 nitrogen and oxygen atoms in total. The predicted octanol–water partition coefficient (Wildman–Crippen LogP) is 7.45. The Balaban J connectivity index is 1.30. The molecule has 2 aliphatic rings. The SMILES string of the molecule is CCCCCCCCC(C(=O)O)N1CCN(CC/C=C2\c3ccccc3Sc3ccc(Cl)cc32)CC1. The van der Waals surface area contributed by atoms with E-state index >= 15 is 0 Å². The van der Waals surface area contributed by atoms with Gasteiger partial charge in [-0.25, -0.2) is 0 Å². The van der Waals surface area contributed by atoms with Crippen LogP contribution in [-0.4, -0.2) is 59.6 Å². The molecule has 1 N–H and O–H groups in total. The van der Waals surface area contributed by atoms with Crippen LogP contribution in [0.2, 0.25) is 5.02 Å². The van der Waals surface area contributed by atoms with Gasteiger partial charge < -0.3 is 10.0 Å². The van der Waals surface area contributed by atoms with E-state index in [9.17, 15) is 9.90 Å². The number of carboxylic acid groups (broad SMARTS) is 1. The largest absolute Gasteiger partial charge is 0.480 e. The monoisotopic (exact) mass is 526 g/mol. The molecule has 0 aliphatic carbocycles. The number of carboxylic acids is 1. The number of halogens is 1. The molecule has 0 radical (unpaired) electrons. The minimum Gasteiger partial charge on any atom is -0.480 e. The van der Waals surface area contributed by atoms with Crippen LogP contribution in [0.1, 0.15) is 69.4 Å². The van der Waals surface area contributed by atoms with Crippen LogP contribution in [0.25, 0.3) is 5.57 Å². The zero-order chi connectivity index (χ0) is 25.3. The van der Waals surface area contributed by atoms with Gasteiger partial charge in [0.15, 0.2) is 0 Å². The number of aliphatic carboxylic acids is 1. The van der Waals surface area contributed by atoms with Crippen molar-refractivity contribution in [3.05, 3.63) is 64.7 Å². The number of hydrogen-bond acceptors (Lipinski definition) is 4. The maximum absolute atomic E-state index is 11.9. The van der Waals surface area contributed by atoms with Crippen molar-refractivity contribution < 1.29 is 9.90 Å². The van der Waals surface area contributed by atoms with Gasteiger partial charge in [-0.3, -0.25) is 9.69 Å². The van der Waals surface area contributed by atoms with Crippen LogP contribution >= 0.6 is 23.4 Å². The molecule has 2 aromatic carbocycles. The summed E-state index contributed by atoms with van der Waals surface area (Å²) in [5.41, 5.74) is 3.77. The molecule has 194 valence electrons. The molecule has 0 spiro atoms. The molecule has 2 heterocycles. The summed E-state index contributed by atoms with van der Waals surface area (Å²) in [6, 6.07) is 14.4. The van der Waals surface area contributed by atoms with Crippen LogP contribution in [0.15, 0.2) is 58.3 Å². The van der Waals surface area contributed by atoms with E-state index in [1.165, 1.54) is 52.2 Å². The Morgan fingerprint density at radius 3 is 2.50 bits per heavy atom. The fourth-order valence-electron chi connectivity index (χ4n) is 5.33. The van der Waals surface area contributed by atoms with Gasteiger partial charge in [-0.1, -0.05) is 93.1 Å². The zero-order valence-corrected chi connectivity index (χ0v) is 23.0. The number of fused-ring (bicyclic) bond motifs is 2. The quantitative estimate of drug-likeness (QED) is 0.248. The van der Waals surface area contributed by atoms with Crippen LogP contribution in [0.3, 0.4) is 0 Å². The highest BCUT2D eigenvalue weighted by molar-refractivity contribution is 7.99. The molecule has 0 saturated carbocycles. The van der Waals surface area contributed by atoms with E-state index in [1.54, 1.807) is 0 Å². The van der Waals surface area contributed by atoms with Gasteiger partial charge in [0.1, 0.15) is 6.04 Å². The maximum Gasteiger partial charge on any atom is 0.320 e. The number of nitrogens with zero attached hydrogens (tertiary/aromatic N) is 2. The zero-order valence-electron chi connectivity index (χ0n) is 21.4. The molecule has 0 amide bonds. The third kappa shape index (κ3) is 7.16. The first-order valence-electron chi connectivity index (χ1n) is 13.5. The van der Waals surface area contributed by atoms with Crippen molar-refractivity contribution in [2.45, 2.75) is 74.1 Å². The molecule has 0 bridgehead atoms. The van der Waals surface area contributed by atoms with E-state index in [0.717, 1.165) is 63.4 Å². The normalized spacial score (nSPS) is 18.1. The molecule has 1 saturated heterocycles. The summed E-state index contributed by atoms with van der Waals surface area (Å²) in [6.07, 6.45) is 11.3. The maximum atomic E-state index is 11.9. The second-order valence-electron chi connectivity index (χ2n) is 9.93. The first kappa shape index (κ1) is 27.3. The van der Waals surface area contributed by atoms with Gasteiger partial charge in [-0.15, -0.1) is 0 Å². The number of piperazine rings is 1. The van der Waals surface area contributed by atoms with Gasteiger partial charge in [0.2, 0.25) is 0 Å². The average molecular weight is 527 g/mol. The van der Waals surface area contributed by atoms with Crippen LogP contribution in [0.5, 0.6) is 0 Å². The van der Waals surface area contributed by atoms with E-state index in [4.69, 9.17) is 11.6 Å². The number of carbonyl (C=O) groups is 1. The van der Waals surface area contributed by atoms with Crippen molar-refractivity contribution >= 4 is 34.9 Å². The van der Waals surface area contributed by atoms with Crippen molar-refractivity contribution in [2.24, 2.45) is 0 Å². The minimum atomic E-state index is -0.659. The van der Waals surface area contributed by atoms with E-state index in [-0.39, 0.29) is 6.04 Å². The lowest BCUT2D eigenvalue weighted by atomic mass is 9.96. The number of rotatable bonds is 12. The first-order valence-corrected chi connectivity index (χ1v) is 14.7. The highest BCUT2D eigenvalue weighted by Crippen LogP contribution is 2.46. The van der Waals surface area contributed by atoms with Crippen LogP contribution < -0.4 is 0 Å². The Labute approximate surface area is 225 Å². The highest BCUT2D eigenvalue weighted by atomic mass is 35.5. The van der Waals surface area contributed by atoms with Crippen molar-refractivity contribution in [3.8, 4) is 0 Å². The summed E-state index contributed by atoms with van der Waals surface area (Å²) in [7, 11) is 0. The average Bonchev–Trinajstić information content (AvgIpc) is 2.88. The third-order valence-corrected chi connectivity index (χ3v) is 8.77. The lowest BCUT2D eigenvalue weighted by Crippen LogP contribution is -2.52. The summed E-state index contributed by atoms with van der Waals surface area (Å²) in [6.45, 7) is 6.73. The van der Waals surface area contributed by atoms with Crippen LogP contribution in [0, 0.1) is 0 Å². The van der Waals surface area contributed by atoms with Gasteiger partial charge in [0.05, 0.1) is 0 Å². The minimum absolute atomic E-state index is 0.335. The second kappa shape index (κ2) is 13.7. The second-order valence-corrected chi connectivity index (χ2v) is 11.5. The van der Waals surface area contributed by atoms with Crippen molar-refractivity contribution in [1.82, 2.24) is 9.80 Å². The molecule has 1 unspecified atom stereocenters. The number of unbranched alkanes of at least 4 members (excludes halogenated alkanes) is 5. The standard InChI is InChI=1S/C30H39ClN2O2S/c1-2-3-4-5-6-7-13-27(30(34)35)33-20-18-32(19-21-33)17-10-12-24-25-11-8-9-14-28(25)36-29-16-15-23(31)22-26(24)29/h8-9,11-12,14-16,22,27H,2-7,10,13,17-21H2,1H3,(H,34,35)/b24-12+. The van der Waals surface area contributed by atoms with Crippen molar-refractivity contribution in [3.63, 3.8) is 0 Å². The van der Waals surface area contributed by atoms with Crippen LogP contribution in [-0.2, 0) is 4.79 Å². The summed E-state index contributed by atoms with van der Waals surface area (Å²) in [5, 5.41) is 10.6. The van der Waals surface area contributed by atoms with Crippen molar-refractivity contribution in [1.29, 1.82) is 0 Å². The number of hydrogen-bond donors (Lipinski definition) is 1. The van der Waals surface area contributed by atoms with E-state index in [2.05, 4.69) is 59.2 Å². The Hall–Kier alpha value is -1.79. The fraction of sp³-hybridized carbons (Fsp3) is 0.500. The Morgan fingerprint density at radius 2 is 1.72 bits per heavy atom. The topological polar surface area (TPSA) is 43.8 Å². The van der Waals surface area contributed by atoms with Crippen LogP contribution in [0.4, 0.5) is 0 Å². The van der Waals surface area contributed by atoms with Crippen molar-refractivity contribution in [2.75, 3.05) is 32.7 Å². The van der Waals surface area contributed by atoms with Gasteiger partial charge in [-0.2, -0.15) is 0 Å². The molecular weight excluding hydrogens is 488 g/mol. The number of benzene rings is 2. The molecule has 2 aliphatic heterocycles.